The van der Waals surface area contributed by atoms with Gasteiger partial charge in [-0.05, 0) is 46.1 Å². The van der Waals surface area contributed by atoms with E-state index in [1.807, 2.05) is 26.8 Å². The minimum absolute atomic E-state index is 0.203. The van der Waals surface area contributed by atoms with Crippen molar-refractivity contribution in [2.24, 2.45) is 0 Å². The van der Waals surface area contributed by atoms with Gasteiger partial charge in [0.25, 0.3) is 0 Å². The fourth-order valence-electron chi connectivity index (χ4n) is 3.49. The number of hydrogen-bond donors (Lipinski definition) is 1. The molecule has 0 saturated carbocycles. The lowest BCUT2D eigenvalue weighted by atomic mass is 10.2. The Hall–Kier alpha value is -2.32. The van der Waals surface area contributed by atoms with Crippen molar-refractivity contribution in [2.45, 2.75) is 65.3 Å². The Morgan fingerprint density at radius 2 is 2.00 bits per heavy atom. The van der Waals surface area contributed by atoms with Gasteiger partial charge in [0.15, 0.2) is 5.69 Å². The normalized spacial score (nSPS) is 15.2. The summed E-state index contributed by atoms with van der Waals surface area (Å²) < 4.78 is 42.3. The number of nitrogens with zero attached hydrogens (tertiary/aromatic N) is 4. The smallest absolute Gasteiger partial charge is 0.350 e. The molecule has 0 spiro atoms. The summed E-state index contributed by atoms with van der Waals surface area (Å²) >= 11 is 0. The van der Waals surface area contributed by atoms with Gasteiger partial charge in [-0.2, -0.15) is 23.4 Å². The molecule has 1 aliphatic carbocycles. The summed E-state index contributed by atoms with van der Waals surface area (Å²) in [5.74, 6) is -0.357. The molecule has 1 aliphatic rings. The molecule has 1 amide bonds. The molecule has 0 aromatic carbocycles. The van der Waals surface area contributed by atoms with Crippen LogP contribution in [0, 0.1) is 13.8 Å². The van der Waals surface area contributed by atoms with E-state index in [0.717, 1.165) is 11.4 Å². The van der Waals surface area contributed by atoms with Gasteiger partial charge in [0, 0.05) is 23.0 Å². The zero-order valence-electron chi connectivity index (χ0n) is 15.0. The number of carbonyl (C=O) groups is 1. The molecule has 9 heteroatoms. The molecule has 0 unspecified atom stereocenters. The average molecular weight is 369 g/mol. The molecule has 2 heterocycles. The van der Waals surface area contributed by atoms with Crippen LogP contribution >= 0.6 is 0 Å². The summed E-state index contributed by atoms with van der Waals surface area (Å²) in [7, 11) is 0. The Morgan fingerprint density at radius 3 is 2.62 bits per heavy atom. The molecule has 0 bridgehead atoms. The quantitative estimate of drug-likeness (QED) is 0.880. The highest BCUT2D eigenvalue weighted by molar-refractivity contribution is 5.76. The summed E-state index contributed by atoms with van der Waals surface area (Å²) in [5, 5.41) is 10.8. The van der Waals surface area contributed by atoms with Crippen LogP contribution in [0.4, 0.5) is 13.2 Å². The molecular formula is C17H22F3N5O. The molecule has 0 radical (unpaired) electrons. The van der Waals surface area contributed by atoms with E-state index >= 15 is 0 Å². The van der Waals surface area contributed by atoms with Crippen molar-refractivity contribution in [2.75, 3.05) is 0 Å². The van der Waals surface area contributed by atoms with Gasteiger partial charge in [-0.1, -0.05) is 0 Å². The summed E-state index contributed by atoms with van der Waals surface area (Å²) in [6.07, 6.45) is -2.95. The molecule has 3 rings (SSSR count). The van der Waals surface area contributed by atoms with Gasteiger partial charge in [0.2, 0.25) is 5.91 Å². The number of rotatable bonds is 5. The van der Waals surface area contributed by atoms with E-state index in [4.69, 9.17) is 0 Å². The first-order chi connectivity index (χ1) is 12.1. The number of carbonyl (C=O) groups excluding carboxylic acids is 1. The summed E-state index contributed by atoms with van der Waals surface area (Å²) in [6, 6.07) is 1.74. The number of alkyl halides is 3. The van der Waals surface area contributed by atoms with Crippen LogP contribution in [-0.4, -0.2) is 31.5 Å². The average Bonchev–Trinajstić information content (AvgIpc) is 3.16. The minimum Gasteiger partial charge on any atom is -0.350 e. The highest BCUT2D eigenvalue weighted by Gasteiger charge is 2.40. The number of aryl methyl sites for hydroxylation is 2. The van der Waals surface area contributed by atoms with Gasteiger partial charge < -0.3 is 5.32 Å². The van der Waals surface area contributed by atoms with E-state index in [9.17, 15) is 18.0 Å². The van der Waals surface area contributed by atoms with Gasteiger partial charge in [-0.25, -0.2) is 0 Å². The maximum atomic E-state index is 13.1. The van der Waals surface area contributed by atoms with Crippen molar-refractivity contribution >= 4 is 5.91 Å². The molecule has 0 aliphatic heterocycles. The van der Waals surface area contributed by atoms with Crippen LogP contribution in [0.5, 0.6) is 0 Å². The summed E-state index contributed by atoms with van der Waals surface area (Å²) in [5.41, 5.74) is 1.80. The Bertz CT molecular complexity index is 821. The van der Waals surface area contributed by atoms with Crippen LogP contribution < -0.4 is 5.32 Å². The fourth-order valence-corrected chi connectivity index (χ4v) is 3.49. The van der Waals surface area contributed by atoms with Crippen molar-refractivity contribution in [3.63, 3.8) is 0 Å². The summed E-state index contributed by atoms with van der Waals surface area (Å²) in [4.78, 5) is 12.3. The van der Waals surface area contributed by atoms with Gasteiger partial charge in [-0.15, -0.1) is 0 Å². The zero-order valence-corrected chi connectivity index (χ0v) is 15.0. The van der Waals surface area contributed by atoms with Crippen molar-refractivity contribution in [1.82, 2.24) is 24.9 Å². The van der Waals surface area contributed by atoms with E-state index in [0.29, 0.717) is 31.5 Å². The second kappa shape index (κ2) is 6.77. The number of halogens is 3. The number of nitrogens with one attached hydrogen (secondary N) is 1. The maximum absolute atomic E-state index is 13.1. The first-order valence-corrected chi connectivity index (χ1v) is 8.61. The monoisotopic (exact) mass is 369 g/mol. The van der Waals surface area contributed by atoms with Crippen LogP contribution in [0.15, 0.2) is 6.07 Å². The topological polar surface area (TPSA) is 64.7 Å². The first-order valence-electron chi connectivity index (χ1n) is 8.61. The second-order valence-corrected chi connectivity index (χ2v) is 6.86. The number of fused-ring (bicyclic) bond motifs is 1. The van der Waals surface area contributed by atoms with E-state index < -0.39 is 11.9 Å². The van der Waals surface area contributed by atoms with Gasteiger partial charge in [0.1, 0.15) is 6.54 Å². The lowest BCUT2D eigenvalue weighted by molar-refractivity contribution is -0.142. The second-order valence-electron chi connectivity index (χ2n) is 6.86. The van der Waals surface area contributed by atoms with Crippen LogP contribution in [-0.2, 0) is 36.9 Å². The van der Waals surface area contributed by atoms with Crippen molar-refractivity contribution in [3.8, 4) is 0 Å². The Kier molecular flexibility index (Phi) is 4.81. The SMILES string of the molecule is Cc1cc(C)n(C[C@H](C)NC(=O)Cn2nc(C(F)(F)F)c3c2CCC3)n1. The largest absolute Gasteiger partial charge is 0.435 e. The Morgan fingerprint density at radius 1 is 1.27 bits per heavy atom. The molecular weight excluding hydrogens is 347 g/mol. The van der Waals surface area contributed by atoms with Crippen LogP contribution in [0.3, 0.4) is 0 Å². The van der Waals surface area contributed by atoms with Gasteiger partial charge in [0.05, 0.1) is 12.2 Å². The van der Waals surface area contributed by atoms with Gasteiger partial charge in [-0.3, -0.25) is 14.2 Å². The zero-order chi connectivity index (χ0) is 19.1. The fraction of sp³-hybridized carbons (Fsp3) is 0.588. The third-order valence-electron chi connectivity index (χ3n) is 4.53. The molecule has 2 aromatic rings. The lowest BCUT2D eigenvalue weighted by Gasteiger charge is -2.15. The number of aromatic nitrogens is 4. The van der Waals surface area contributed by atoms with Crippen LogP contribution in [0.1, 0.15) is 41.7 Å². The number of hydrogen-bond acceptors (Lipinski definition) is 3. The molecule has 6 nitrogen and oxygen atoms in total. The standard InChI is InChI=1S/C17H22F3N5O/c1-10-7-12(3)24(22-10)8-11(2)21-15(26)9-25-14-6-4-5-13(14)16(23-25)17(18,19)20/h7,11H,4-6,8-9H2,1-3H3,(H,21,26)/t11-/m0/s1. The summed E-state index contributed by atoms with van der Waals surface area (Å²) in [6.45, 7) is 5.95. The highest BCUT2D eigenvalue weighted by atomic mass is 19.4. The molecule has 1 N–H and O–H groups in total. The predicted molar refractivity (Wildman–Crippen MR) is 88.6 cm³/mol. The first kappa shape index (κ1) is 18.5. The molecule has 0 saturated heterocycles. The molecule has 1 atom stereocenters. The maximum Gasteiger partial charge on any atom is 0.435 e. The molecule has 142 valence electrons. The predicted octanol–water partition coefficient (Wildman–Crippen LogP) is 2.41. The van der Waals surface area contributed by atoms with Crippen molar-refractivity contribution in [1.29, 1.82) is 0 Å². The van der Waals surface area contributed by atoms with E-state index in [1.54, 1.807) is 4.68 Å². The van der Waals surface area contributed by atoms with Crippen molar-refractivity contribution in [3.05, 3.63) is 34.4 Å². The van der Waals surface area contributed by atoms with E-state index in [1.165, 1.54) is 4.68 Å². The Balaban J connectivity index is 1.66. The third-order valence-corrected chi connectivity index (χ3v) is 4.53. The molecule has 26 heavy (non-hydrogen) atoms. The third kappa shape index (κ3) is 3.76. The van der Waals surface area contributed by atoms with Crippen molar-refractivity contribution < 1.29 is 18.0 Å². The minimum atomic E-state index is -4.49. The van der Waals surface area contributed by atoms with Crippen LogP contribution in [0.25, 0.3) is 0 Å². The molecule has 0 fully saturated rings. The van der Waals surface area contributed by atoms with E-state index in [-0.39, 0.29) is 24.1 Å². The van der Waals surface area contributed by atoms with E-state index in [2.05, 4.69) is 15.5 Å². The molecule has 2 aromatic heterocycles. The lowest BCUT2D eigenvalue weighted by Crippen LogP contribution is -2.38. The van der Waals surface area contributed by atoms with Gasteiger partial charge >= 0.3 is 6.18 Å². The Labute approximate surface area is 149 Å². The highest BCUT2D eigenvalue weighted by Crippen LogP contribution is 2.36. The van der Waals surface area contributed by atoms with Crippen LogP contribution in [0.2, 0.25) is 0 Å². The number of amides is 1.